The smallest absolute Gasteiger partial charge is 0.139 e. The Morgan fingerprint density at radius 1 is 1.00 bits per heavy atom. The molecule has 1 spiro atoms. The highest BCUT2D eigenvalue weighted by Crippen LogP contribution is 2.67. The largest absolute Gasteiger partial charge is 0.370 e. The Hall–Kier alpha value is -0.370. The number of ether oxygens (including phenoxy) is 1. The van der Waals surface area contributed by atoms with E-state index in [2.05, 4.69) is 13.8 Å². The van der Waals surface area contributed by atoms with E-state index in [0.717, 1.165) is 30.8 Å². The minimum Gasteiger partial charge on any atom is -0.370 e. The molecule has 0 N–H and O–H groups in total. The van der Waals surface area contributed by atoms with Gasteiger partial charge in [-0.25, -0.2) is 0 Å². The summed E-state index contributed by atoms with van der Waals surface area (Å²) in [5.41, 5.74) is 0.885. The minimum atomic E-state index is 0.0415. The van der Waals surface area contributed by atoms with Gasteiger partial charge in [0, 0.05) is 11.8 Å². The van der Waals surface area contributed by atoms with Gasteiger partial charge in [0.15, 0.2) is 0 Å². The lowest BCUT2D eigenvalue weighted by atomic mass is 9.44. The molecule has 22 heavy (non-hydrogen) atoms. The van der Waals surface area contributed by atoms with Crippen LogP contribution >= 0.6 is 0 Å². The van der Waals surface area contributed by atoms with Crippen molar-refractivity contribution in [1.82, 2.24) is 0 Å². The number of hydrogen-bond acceptors (Lipinski definition) is 2. The summed E-state index contributed by atoms with van der Waals surface area (Å²) in [6.45, 7) is 5.93. The van der Waals surface area contributed by atoms with Crippen LogP contribution < -0.4 is 0 Å². The van der Waals surface area contributed by atoms with Crippen molar-refractivity contribution in [2.24, 2.45) is 34.5 Å². The van der Waals surface area contributed by atoms with E-state index in [0.29, 0.717) is 22.7 Å². The molecule has 1 heterocycles. The predicted octanol–water partition coefficient (Wildman–Crippen LogP) is 4.37. The second-order valence-corrected chi connectivity index (χ2v) is 9.75. The number of carbonyl (C=O) groups is 1. The molecular formula is C20H30O2. The van der Waals surface area contributed by atoms with Gasteiger partial charge in [0.05, 0.1) is 12.2 Å². The fourth-order valence-electron chi connectivity index (χ4n) is 7.44. The fourth-order valence-corrected chi connectivity index (χ4v) is 7.44. The van der Waals surface area contributed by atoms with Crippen LogP contribution in [0.4, 0.5) is 0 Å². The first kappa shape index (κ1) is 14.0. The standard InChI is InChI=1S/C20H30O2/c1-18-9-10-20(12-22-20)11-13(18)3-4-14-15-5-6-17(21)19(15,2)8-7-16(14)18/h13-16H,3-12H2,1-2H3/t13?,14?,15?,16?,18-,19-,20+/m0/s1. The van der Waals surface area contributed by atoms with Crippen molar-refractivity contribution in [1.29, 1.82) is 0 Å². The summed E-state index contributed by atoms with van der Waals surface area (Å²) in [7, 11) is 0. The molecule has 2 nitrogen and oxygen atoms in total. The zero-order valence-electron chi connectivity index (χ0n) is 14.2. The molecule has 5 fully saturated rings. The van der Waals surface area contributed by atoms with Crippen LogP contribution in [-0.2, 0) is 9.53 Å². The van der Waals surface area contributed by atoms with Crippen LogP contribution in [-0.4, -0.2) is 18.0 Å². The number of carbonyl (C=O) groups excluding carboxylic acids is 1. The molecule has 0 bridgehead atoms. The number of Topliss-reactive ketones (excluding diaryl/α,β-unsaturated/α-hetero) is 1. The van der Waals surface area contributed by atoms with Crippen molar-refractivity contribution in [3.05, 3.63) is 0 Å². The van der Waals surface area contributed by atoms with Gasteiger partial charge in [0.1, 0.15) is 5.78 Å². The maximum absolute atomic E-state index is 12.4. The van der Waals surface area contributed by atoms with E-state index in [1.165, 1.54) is 51.4 Å². The molecule has 0 radical (unpaired) electrons. The average molecular weight is 302 g/mol. The summed E-state index contributed by atoms with van der Waals surface area (Å²) in [5.74, 6) is 3.88. The summed E-state index contributed by atoms with van der Waals surface area (Å²) in [6.07, 6.45) is 11.3. The Labute approximate surface area is 134 Å². The highest BCUT2D eigenvalue weighted by atomic mass is 16.6. The van der Waals surface area contributed by atoms with E-state index in [4.69, 9.17) is 4.74 Å². The van der Waals surface area contributed by atoms with Crippen LogP contribution in [0, 0.1) is 34.5 Å². The van der Waals surface area contributed by atoms with Crippen molar-refractivity contribution >= 4 is 5.78 Å². The first-order chi connectivity index (χ1) is 10.5. The molecule has 2 heteroatoms. The van der Waals surface area contributed by atoms with Crippen molar-refractivity contribution in [3.8, 4) is 0 Å². The Balaban J connectivity index is 1.45. The molecule has 0 aromatic rings. The van der Waals surface area contributed by atoms with Gasteiger partial charge in [-0.3, -0.25) is 4.79 Å². The van der Waals surface area contributed by atoms with E-state index >= 15 is 0 Å². The molecule has 122 valence electrons. The van der Waals surface area contributed by atoms with Gasteiger partial charge in [-0.15, -0.1) is 0 Å². The maximum Gasteiger partial charge on any atom is 0.139 e. The highest BCUT2D eigenvalue weighted by molar-refractivity contribution is 5.87. The van der Waals surface area contributed by atoms with Gasteiger partial charge in [-0.2, -0.15) is 0 Å². The van der Waals surface area contributed by atoms with E-state index in [9.17, 15) is 4.79 Å². The second-order valence-electron chi connectivity index (χ2n) is 9.75. The molecule has 5 aliphatic rings. The van der Waals surface area contributed by atoms with Gasteiger partial charge >= 0.3 is 0 Å². The molecule has 4 aliphatic carbocycles. The van der Waals surface area contributed by atoms with Gasteiger partial charge in [-0.1, -0.05) is 13.8 Å². The van der Waals surface area contributed by atoms with Crippen LogP contribution in [0.2, 0.25) is 0 Å². The number of epoxide rings is 1. The molecule has 0 aromatic heterocycles. The lowest BCUT2D eigenvalue weighted by Gasteiger charge is -2.60. The molecular weight excluding hydrogens is 272 g/mol. The molecule has 5 rings (SSSR count). The van der Waals surface area contributed by atoms with E-state index < -0.39 is 0 Å². The summed E-state index contributed by atoms with van der Waals surface area (Å²) in [5, 5.41) is 0. The van der Waals surface area contributed by atoms with E-state index in [-0.39, 0.29) is 5.41 Å². The van der Waals surface area contributed by atoms with Crippen molar-refractivity contribution < 1.29 is 9.53 Å². The summed E-state index contributed by atoms with van der Waals surface area (Å²) >= 11 is 0. The van der Waals surface area contributed by atoms with Gasteiger partial charge in [-0.05, 0) is 80.5 Å². The summed E-state index contributed by atoms with van der Waals surface area (Å²) in [4.78, 5) is 12.4. The van der Waals surface area contributed by atoms with Gasteiger partial charge in [0.2, 0.25) is 0 Å². The lowest BCUT2D eigenvalue weighted by Crippen LogP contribution is -2.54. The zero-order chi connectivity index (χ0) is 15.2. The highest BCUT2D eigenvalue weighted by Gasteiger charge is 2.63. The van der Waals surface area contributed by atoms with Crippen molar-refractivity contribution in [3.63, 3.8) is 0 Å². The molecule has 0 aromatic carbocycles. The second kappa shape index (κ2) is 4.18. The van der Waals surface area contributed by atoms with E-state index in [1.54, 1.807) is 0 Å². The molecule has 7 atom stereocenters. The van der Waals surface area contributed by atoms with Crippen molar-refractivity contribution in [2.75, 3.05) is 6.61 Å². The number of fused-ring (bicyclic) bond motifs is 5. The topological polar surface area (TPSA) is 29.6 Å². The van der Waals surface area contributed by atoms with Crippen molar-refractivity contribution in [2.45, 2.75) is 77.2 Å². The quantitative estimate of drug-likeness (QED) is 0.622. The van der Waals surface area contributed by atoms with Crippen LogP contribution in [0.5, 0.6) is 0 Å². The van der Waals surface area contributed by atoms with Gasteiger partial charge < -0.3 is 4.74 Å². The van der Waals surface area contributed by atoms with Gasteiger partial charge in [0.25, 0.3) is 0 Å². The normalized spacial score (nSPS) is 59.8. The first-order valence-electron chi connectivity index (χ1n) is 9.64. The molecule has 1 saturated heterocycles. The third-order valence-corrected chi connectivity index (χ3v) is 9.06. The van der Waals surface area contributed by atoms with Crippen LogP contribution in [0.1, 0.15) is 71.6 Å². The summed E-state index contributed by atoms with van der Waals surface area (Å²) < 4.78 is 5.82. The Bertz CT molecular complexity index is 522. The minimum absolute atomic E-state index is 0.0415. The molecule has 0 amide bonds. The predicted molar refractivity (Wildman–Crippen MR) is 85.4 cm³/mol. The van der Waals surface area contributed by atoms with Crippen LogP contribution in [0.25, 0.3) is 0 Å². The van der Waals surface area contributed by atoms with Crippen LogP contribution in [0.15, 0.2) is 0 Å². The van der Waals surface area contributed by atoms with Crippen LogP contribution in [0.3, 0.4) is 0 Å². The lowest BCUT2D eigenvalue weighted by molar-refractivity contribution is -0.140. The average Bonchev–Trinajstić information content (AvgIpc) is 3.19. The number of hydrogen-bond donors (Lipinski definition) is 0. The monoisotopic (exact) mass is 302 g/mol. The Morgan fingerprint density at radius 3 is 2.59 bits per heavy atom. The molecule has 1 aliphatic heterocycles. The zero-order valence-corrected chi connectivity index (χ0v) is 14.2. The third kappa shape index (κ3) is 1.63. The SMILES string of the molecule is C[C@]12CC[C@]3(CO3)CC1CCC1C2CC[C@]2(C)C(=O)CCC12. The molecule has 4 unspecified atom stereocenters. The Morgan fingerprint density at radius 2 is 1.82 bits per heavy atom. The number of ketones is 1. The maximum atomic E-state index is 12.4. The Kier molecular flexibility index (Phi) is 2.66. The molecule has 4 saturated carbocycles. The van der Waals surface area contributed by atoms with E-state index in [1.807, 2.05) is 0 Å². The third-order valence-electron chi connectivity index (χ3n) is 9.06. The summed E-state index contributed by atoms with van der Waals surface area (Å²) in [6, 6.07) is 0. The number of rotatable bonds is 0. The fraction of sp³-hybridized carbons (Fsp3) is 0.950. The first-order valence-corrected chi connectivity index (χ1v) is 9.64.